The summed E-state index contributed by atoms with van der Waals surface area (Å²) in [4.78, 5) is 22.5. The van der Waals surface area contributed by atoms with E-state index < -0.39 is 36.4 Å². The third-order valence-corrected chi connectivity index (χ3v) is 2.76. The van der Waals surface area contributed by atoms with Gasteiger partial charge in [-0.15, -0.1) is 0 Å². The van der Waals surface area contributed by atoms with Crippen LogP contribution in [0.4, 0.5) is 22.4 Å². The molecule has 9 heteroatoms. The van der Waals surface area contributed by atoms with Gasteiger partial charge in [-0.05, 0) is 24.1 Å². The molecule has 4 N–H and O–H groups in total. The summed E-state index contributed by atoms with van der Waals surface area (Å²) in [6, 6.07) is 4.26. The van der Waals surface area contributed by atoms with Gasteiger partial charge in [0.15, 0.2) is 0 Å². The van der Waals surface area contributed by atoms with Crippen molar-refractivity contribution in [2.24, 2.45) is 11.7 Å². The summed E-state index contributed by atoms with van der Waals surface area (Å²) in [5, 5.41) is 3.75. The van der Waals surface area contributed by atoms with Gasteiger partial charge in [-0.3, -0.25) is 4.79 Å². The Balaban J connectivity index is 2.49. The first kappa shape index (κ1) is 17.7. The summed E-state index contributed by atoms with van der Waals surface area (Å²) >= 11 is 0. The minimum absolute atomic E-state index is 0.134. The van der Waals surface area contributed by atoms with Crippen LogP contribution in [-0.4, -0.2) is 31.2 Å². The highest BCUT2D eigenvalue weighted by atomic mass is 19.4. The molecule has 0 aliphatic carbocycles. The van der Waals surface area contributed by atoms with E-state index in [1.807, 2.05) is 0 Å². The SMILES string of the molecule is NC(=O)[C@@H](CNC(=O)NCC(F)(F)F)Cc1ccc(F)cc1. The summed E-state index contributed by atoms with van der Waals surface area (Å²) in [5.74, 6) is -1.98. The molecule has 22 heavy (non-hydrogen) atoms. The Bertz CT molecular complexity index is 517. The van der Waals surface area contributed by atoms with Crippen molar-refractivity contribution in [3.05, 3.63) is 35.6 Å². The Morgan fingerprint density at radius 3 is 2.23 bits per heavy atom. The molecule has 0 heterocycles. The highest BCUT2D eigenvalue weighted by molar-refractivity contribution is 5.79. The van der Waals surface area contributed by atoms with Crippen molar-refractivity contribution < 1.29 is 27.2 Å². The van der Waals surface area contributed by atoms with E-state index in [0.29, 0.717) is 5.56 Å². The number of halogens is 4. The van der Waals surface area contributed by atoms with E-state index in [4.69, 9.17) is 5.73 Å². The molecule has 0 saturated carbocycles. The monoisotopic (exact) mass is 321 g/mol. The normalized spacial score (nSPS) is 12.5. The van der Waals surface area contributed by atoms with Crippen LogP contribution in [0.1, 0.15) is 5.56 Å². The maximum atomic E-state index is 12.8. The number of nitrogens with one attached hydrogen (secondary N) is 2. The molecule has 1 aromatic carbocycles. The maximum absolute atomic E-state index is 12.8. The number of nitrogens with two attached hydrogens (primary N) is 1. The van der Waals surface area contributed by atoms with Crippen LogP contribution in [0.15, 0.2) is 24.3 Å². The number of carbonyl (C=O) groups excluding carboxylic acids is 2. The number of carbonyl (C=O) groups is 2. The highest BCUT2D eigenvalue weighted by Gasteiger charge is 2.27. The summed E-state index contributed by atoms with van der Waals surface area (Å²) in [5.41, 5.74) is 5.79. The third kappa shape index (κ3) is 6.91. The van der Waals surface area contributed by atoms with Gasteiger partial charge in [-0.2, -0.15) is 13.2 Å². The molecule has 1 atom stereocenters. The quantitative estimate of drug-likeness (QED) is 0.691. The molecule has 0 spiro atoms. The van der Waals surface area contributed by atoms with Crippen molar-refractivity contribution in [2.75, 3.05) is 13.1 Å². The van der Waals surface area contributed by atoms with Gasteiger partial charge in [0.1, 0.15) is 12.4 Å². The molecule has 0 saturated heterocycles. The predicted octanol–water partition coefficient (Wildman–Crippen LogP) is 1.33. The number of primary amides is 1. The Morgan fingerprint density at radius 1 is 1.14 bits per heavy atom. The van der Waals surface area contributed by atoms with Crippen LogP contribution in [0.3, 0.4) is 0 Å². The Morgan fingerprint density at radius 2 is 1.73 bits per heavy atom. The van der Waals surface area contributed by atoms with Gasteiger partial charge in [0, 0.05) is 6.54 Å². The number of alkyl halides is 3. The van der Waals surface area contributed by atoms with Crippen molar-refractivity contribution in [3.8, 4) is 0 Å². The molecule has 3 amide bonds. The van der Waals surface area contributed by atoms with Crippen LogP contribution in [0.2, 0.25) is 0 Å². The molecule has 0 bridgehead atoms. The zero-order valence-corrected chi connectivity index (χ0v) is 11.4. The third-order valence-electron chi connectivity index (χ3n) is 2.76. The molecule has 1 rings (SSSR count). The number of rotatable bonds is 6. The first-order chi connectivity index (χ1) is 10.2. The Hall–Kier alpha value is -2.32. The molecule has 0 fully saturated rings. The van der Waals surface area contributed by atoms with Crippen molar-refractivity contribution in [3.63, 3.8) is 0 Å². The molecule has 0 aliphatic rings. The van der Waals surface area contributed by atoms with E-state index in [-0.39, 0.29) is 13.0 Å². The smallest absolute Gasteiger partial charge is 0.369 e. The number of benzene rings is 1. The van der Waals surface area contributed by atoms with Crippen LogP contribution in [0.25, 0.3) is 0 Å². The van der Waals surface area contributed by atoms with Crippen LogP contribution < -0.4 is 16.4 Å². The topological polar surface area (TPSA) is 84.2 Å². The zero-order valence-electron chi connectivity index (χ0n) is 11.4. The van der Waals surface area contributed by atoms with Gasteiger partial charge < -0.3 is 16.4 Å². The second kappa shape index (κ2) is 7.62. The van der Waals surface area contributed by atoms with Crippen LogP contribution >= 0.6 is 0 Å². The van der Waals surface area contributed by atoms with Gasteiger partial charge in [0.05, 0.1) is 5.92 Å². The largest absolute Gasteiger partial charge is 0.405 e. The standard InChI is InChI=1S/C13H15F4N3O2/c14-10-3-1-8(2-4-10)5-9(11(18)21)6-19-12(22)20-7-13(15,16)17/h1-4,9H,5-7H2,(H2,18,21)(H2,19,20,22)/t9-/m1/s1. The van der Waals surface area contributed by atoms with E-state index in [0.717, 1.165) is 0 Å². The van der Waals surface area contributed by atoms with E-state index in [1.54, 1.807) is 5.32 Å². The summed E-state index contributed by atoms with van der Waals surface area (Å²) in [6.45, 7) is -1.70. The second-order valence-electron chi connectivity index (χ2n) is 4.61. The first-order valence-corrected chi connectivity index (χ1v) is 6.29. The van der Waals surface area contributed by atoms with Gasteiger partial charge in [0.2, 0.25) is 5.91 Å². The summed E-state index contributed by atoms with van der Waals surface area (Å²) in [7, 11) is 0. The lowest BCUT2D eigenvalue weighted by Gasteiger charge is -2.15. The molecule has 0 unspecified atom stereocenters. The Labute approximate surface area is 123 Å². The van der Waals surface area contributed by atoms with Crippen molar-refractivity contribution in [1.82, 2.24) is 10.6 Å². The summed E-state index contributed by atoms with van der Waals surface area (Å²) < 4.78 is 48.5. The fourth-order valence-electron chi connectivity index (χ4n) is 1.64. The second-order valence-corrected chi connectivity index (χ2v) is 4.61. The molecular weight excluding hydrogens is 306 g/mol. The number of amides is 3. The van der Waals surface area contributed by atoms with Crippen molar-refractivity contribution in [2.45, 2.75) is 12.6 Å². The zero-order chi connectivity index (χ0) is 16.8. The number of urea groups is 1. The molecule has 122 valence electrons. The minimum Gasteiger partial charge on any atom is -0.369 e. The summed E-state index contributed by atoms with van der Waals surface area (Å²) in [6.07, 6.45) is -4.39. The number of hydrogen-bond acceptors (Lipinski definition) is 2. The van der Waals surface area contributed by atoms with Crippen molar-refractivity contribution in [1.29, 1.82) is 0 Å². The van der Waals surface area contributed by atoms with Gasteiger partial charge in [-0.25, -0.2) is 9.18 Å². The molecule has 5 nitrogen and oxygen atoms in total. The van der Waals surface area contributed by atoms with E-state index in [2.05, 4.69) is 5.32 Å². The fraction of sp³-hybridized carbons (Fsp3) is 0.385. The highest BCUT2D eigenvalue weighted by Crippen LogP contribution is 2.12. The average molecular weight is 321 g/mol. The predicted molar refractivity (Wildman–Crippen MR) is 70.2 cm³/mol. The van der Waals surface area contributed by atoms with Crippen LogP contribution in [0.5, 0.6) is 0 Å². The Kier molecular flexibility index (Phi) is 6.14. The molecule has 0 aromatic heterocycles. The first-order valence-electron chi connectivity index (χ1n) is 6.29. The molecular formula is C13H15F4N3O2. The van der Waals surface area contributed by atoms with Crippen molar-refractivity contribution >= 4 is 11.9 Å². The van der Waals surface area contributed by atoms with Crippen LogP contribution in [0, 0.1) is 11.7 Å². The average Bonchev–Trinajstić information content (AvgIpc) is 2.42. The number of hydrogen-bond donors (Lipinski definition) is 3. The van der Waals surface area contributed by atoms with E-state index >= 15 is 0 Å². The van der Waals surface area contributed by atoms with Gasteiger partial charge in [0.25, 0.3) is 0 Å². The maximum Gasteiger partial charge on any atom is 0.405 e. The molecule has 0 aliphatic heterocycles. The lowest BCUT2D eigenvalue weighted by Crippen LogP contribution is -2.44. The van der Waals surface area contributed by atoms with Gasteiger partial charge in [-0.1, -0.05) is 12.1 Å². The molecule has 0 radical (unpaired) electrons. The van der Waals surface area contributed by atoms with Gasteiger partial charge >= 0.3 is 12.2 Å². The lowest BCUT2D eigenvalue weighted by atomic mass is 9.98. The van der Waals surface area contributed by atoms with Crippen LogP contribution in [-0.2, 0) is 11.2 Å². The molecule has 1 aromatic rings. The fourth-order valence-corrected chi connectivity index (χ4v) is 1.64. The van der Waals surface area contributed by atoms with E-state index in [9.17, 15) is 27.2 Å². The lowest BCUT2D eigenvalue weighted by molar-refractivity contribution is -0.123. The van der Waals surface area contributed by atoms with E-state index in [1.165, 1.54) is 24.3 Å². The minimum atomic E-state index is -4.52.